The van der Waals surface area contributed by atoms with E-state index >= 15 is 0 Å². The van der Waals surface area contributed by atoms with Crippen molar-refractivity contribution >= 4 is 17.1 Å². The SMILES string of the molecule is CC(=O)CC(C)(C)Cc1nc(C)cs1. The molecule has 0 N–H and O–H groups in total. The standard InChI is InChI=1S/C11H17NOS/c1-8-7-14-10(12-8)6-11(3,4)5-9(2)13/h7H,5-6H2,1-4H3. The minimum absolute atomic E-state index is 0.0378. The monoisotopic (exact) mass is 211 g/mol. The van der Waals surface area contributed by atoms with E-state index in [1.165, 1.54) is 0 Å². The van der Waals surface area contributed by atoms with Crippen LogP contribution in [-0.4, -0.2) is 10.8 Å². The topological polar surface area (TPSA) is 30.0 Å². The van der Waals surface area contributed by atoms with Crippen LogP contribution in [0.3, 0.4) is 0 Å². The van der Waals surface area contributed by atoms with E-state index < -0.39 is 0 Å². The third-order valence-electron chi connectivity index (χ3n) is 2.02. The number of hydrogen-bond donors (Lipinski definition) is 0. The Hall–Kier alpha value is -0.700. The molecule has 1 aromatic heterocycles. The molecule has 0 saturated carbocycles. The highest BCUT2D eigenvalue weighted by atomic mass is 32.1. The summed E-state index contributed by atoms with van der Waals surface area (Å²) in [6.45, 7) is 7.88. The molecule has 0 amide bonds. The van der Waals surface area contributed by atoms with Gasteiger partial charge in [0.15, 0.2) is 0 Å². The second-order valence-corrected chi connectivity index (χ2v) is 5.55. The minimum atomic E-state index is 0.0378. The fraction of sp³-hybridized carbons (Fsp3) is 0.636. The summed E-state index contributed by atoms with van der Waals surface area (Å²) in [5.41, 5.74) is 1.11. The zero-order chi connectivity index (χ0) is 10.8. The predicted octanol–water partition coefficient (Wildman–Crippen LogP) is 3.00. The summed E-state index contributed by atoms with van der Waals surface area (Å²) in [5.74, 6) is 0.253. The Balaban J connectivity index is 2.63. The molecule has 0 fully saturated rings. The molecule has 1 aromatic rings. The first-order chi connectivity index (χ1) is 6.39. The summed E-state index contributed by atoms with van der Waals surface area (Å²) in [5, 5.41) is 3.19. The van der Waals surface area contributed by atoms with E-state index in [0.717, 1.165) is 17.1 Å². The van der Waals surface area contributed by atoms with Gasteiger partial charge in [0.25, 0.3) is 0 Å². The average Bonchev–Trinajstić information content (AvgIpc) is 2.30. The number of thiazole rings is 1. The van der Waals surface area contributed by atoms with Gasteiger partial charge in [0.2, 0.25) is 0 Å². The third-order valence-corrected chi connectivity index (χ3v) is 2.99. The average molecular weight is 211 g/mol. The number of nitrogens with zero attached hydrogens (tertiary/aromatic N) is 1. The molecule has 0 bridgehead atoms. The molecule has 0 aliphatic rings. The van der Waals surface area contributed by atoms with Crippen LogP contribution in [0.5, 0.6) is 0 Å². The third kappa shape index (κ3) is 3.58. The van der Waals surface area contributed by atoms with Gasteiger partial charge in [-0.15, -0.1) is 11.3 Å². The number of carbonyl (C=O) groups excluding carboxylic acids is 1. The highest BCUT2D eigenvalue weighted by Gasteiger charge is 2.21. The molecular formula is C11H17NOS. The van der Waals surface area contributed by atoms with Crippen LogP contribution < -0.4 is 0 Å². The first-order valence-corrected chi connectivity index (χ1v) is 5.67. The second kappa shape index (κ2) is 4.22. The van der Waals surface area contributed by atoms with E-state index in [0.29, 0.717) is 6.42 Å². The van der Waals surface area contributed by atoms with Crippen LogP contribution in [0.4, 0.5) is 0 Å². The molecule has 0 aliphatic carbocycles. The Bertz CT molecular complexity index is 328. The first-order valence-electron chi connectivity index (χ1n) is 4.79. The lowest BCUT2D eigenvalue weighted by Gasteiger charge is -2.21. The van der Waals surface area contributed by atoms with Gasteiger partial charge in [-0.25, -0.2) is 4.98 Å². The second-order valence-electron chi connectivity index (χ2n) is 4.60. The molecule has 0 atom stereocenters. The number of ketones is 1. The van der Waals surface area contributed by atoms with Crippen LogP contribution in [0, 0.1) is 12.3 Å². The summed E-state index contributed by atoms with van der Waals surface area (Å²) in [4.78, 5) is 15.4. The first kappa shape index (κ1) is 11.4. The van der Waals surface area contributed by atoms with E-state index in [-0.39, 0.29) is 11.2 Å². The van der Waals surface area contributed by atoms with E-state index in [4.69, 9.17) is 0 Å². The number of hydrogen-bond acceptors (Lipinski definition) is 3. The molecule has 3 heteroatoms. The van der Waals surface area contributed by atoms with Crippen LogP contribution >= 0.6 is 11.3 Å². The zero-order valence-electron chi connectivity index (χ0n) is 9.26. The lowest BCUT2D eigenvalue weighted by Crippen LogP contribution is -2.18. The van der Waals surface area contributed by atoms with Crippen molar-refractivity contribution in [3.8, 4) is 0 Å². The summed E-state index contributed by atoms with van der Waals surface area (Å²) < 4.78 is 0. The van der Waals surface area contributed by atoms with Crippen molar-refractivity contribution in [2.24, 2.45) is 5.41 Å². The molecule has 0 spiro atoms. The van der Waals surface area contributed by atoms with Gasteiger partial charge in [-0.3, -0.25) is 0 Å². The molecule has 0 aromatic carbocycles. The molecular weight excluding hydrogens is 194 g/mol. The Morgan fingerprint density at radius 3 is 2.64 bits per heavy atom. The molecule has 0 radical (unpaired) electrons. The van der Waals surface area contributed by atoms with Crippen LogP contribution in [0.25, 0.3) is 0 Å². The summed E-state index contributed by atoms with van der Waals surface area (Å²) in [6.07, 6.45) is 1.52. The molecule has 0 aliphatic heterocycles. The predicted molar refractivity (Wildman–Crippen MR) is 59.6 cm³/mol. The number of aromatic nitrogens is 1. The van der Waals surface area contributed by atoms with Gasteiger partial charge >= 0.3 is 0 Å². The maximum absolute atomic E-state index is 11.0. The van der Waals surface area contributed by atoms with Gasteiger partial charge < -0.3 is 4.79 Å². The normalized spacial score (nSPS) is 11.7. The van der Waals surface area contributed by atoms with Gasteiger partial charge in [0.05, 0.1) is 5.01 Å². The van der Waals surface area contributed by atoms with Crippen LogP contribution in [0.15, 0.2) is 5.38 Å². The minimum Gasteiger partial charge on any atom is -0.300 e. The summed E-state index contributed by atoms with van der Waals surface area (Å²) in [6, 6.07) is 0. The quantitative estimate of drug-likeness (QED) is 0.766. The van der Waals surface area contributed by atoms with Crippen molar-refractivity contribution in [3.63, 3.8) is 0 Å². The maximum atomic E-state index is 11.0. The number of Topliss-reactive ketones (excluding diaryl/α,β-unsaturated/α-hetero) is 1. The number of rotatable bonds is 4. The van der Waals surface area contributed by atoms with Crippen LogP contribution in [0.2, 0.25) is 0 Å². The van der Waals surface area contributed by atoms with Gasteiger partial charge in [-0.2, -0.15) is 0 Å². The molecule has 0 saturated heterocycles. The fourth-order valence-electron chi connectivity index (χ4n) is 1.63. The maximum Gasteiger partial charge on any atom is 0.130 e. The van der Waals surface area contributed by atoms with Crippen molar-refractivity contribution < 1.29 is 4.79 Å². The Labute approximate surface area is 89.4 Å². The van der Waals surface area contributed by atoms with Crippen molar-refractivity contribution in [3.05, 3.63) is 16.1 Å². The van der Waals surface area contributed by atoms with Gasteiger partial charge in [0, 0.05) is 23.9 Å². The highest BCUT2D eigenvalue weighted by molar-refractivity contribution is 7.09. The smallest absolute Gasteiger partial charge is 0.130 e. The fourth-order valence-corrected chi connectivity index (χ4v) is 2.66. The lowest BCUT2D eigenvalue weighted by molar-refractivity contribution is -0.118. The highest BCUT2D eigenvalue weighted by Crippen LogP contribution is 2.27. The zero-order valence-corrected chi connectivity index (χ0v) is 10.1. The Morgan fingerprint density at radius 1 is 1.57 bits per heavy atom. The van der Waals surface area contributed by atoms with E-state index in [1.54, 1.807) is 18.3 Å². The van der Waals surface area contributed by atoms with E-state index in [2.05, 4.69) is 24.2 Å². The van der Waals surface area contributed by atoms with Gasteiger partial charge in [-0.05, 0) is 19.3 Å². The van der Waals surface area contributed by atoms with Crippen LogP contribution in [-0.2, 0) is 11.2 Å². The lowest BCUT2D eigenvalue weighted by atomic mass is 9.84. The molecule has 0 unspecified atom stereocenters. The molecule has 1 rings (SSSR count). The number of carbonyl (C=O) groups is 1. The summed E-state index contributed by atoms with van der Waals surface area (Å²) >= 11 is 1.68. The molecule has 78 valence electrons. The van der Waals surface area contributed by atoms with Crippen molar-refractivity contribution in [2.75, 3.05) is 0 Å². The molecule has 2 nitrogen and oxygen atoms in total. The Kier molecular flexibility index (Phi) is 3.43. The van der Waals surface area contributed by atoms with E-state index in [1.807, 2.05) is 6.92 Å². The van der Waals surface area contributed by atoms with Gasteiger partial charge in [-0.1, -0.05) is 13.8 Å². The molecule has 1 heterocycles. The molecule has 14 heavy (non-hydrogen) atoms. The van der Waals surface area contributed by atoms with Crippen molar-refractivity contribution in [1.29, 1.82) is 0 Å². The number of aryl methyl sites for hydroxylation is 1. The summed E-state index contributed by atoms with van der Waals surface area (Å²) in [7, 11) is 0. The van der Waals surface area contributed by atoms with E-state index in [9.17, 15) is 4.79 Å². The van der Waals surface area contributed by atoms with Crippen LogP contribution in [0.1, 0.15) is 37.9 Å². The van der Waals surface area contributed by atoms with Crippen molar-refractivity contribution in [2.45, 2.75) is 40.5 Å². The van der Waals surface area contributed by atoms with Crippen molar-refractivity contribution in [1.82, 2.24) is 4.98 Å². The Morgan fingerprint density at radius 2 is 2.21 bits per heavy atom. The largest absolute Gasteiger partial charge is 0.300 e. The van der Waals surface area contributed by atoms with Gasteiger partial charge in [0.1, 0.15) is 5.78 Å².